The highest BCUT2D eigenvalue weighted by Crippen LogP contribution is 2.26. The third-order valence-corrected chi connectivity index (χ3v) is 5.27. The number of carbonyl (C=O) groups is 2. The number of hydrogen-bond acceptors (Lipinski definition) is 6. The molecule has 2 heterocycles. The zero-order valence-electron chi connectivity index (χ0n) is 16.1. The van der Waals surface area contributed by atoms with Gasteiger partial charge in [-0.1, -0.05) is 42.1 Å². The first-order chi connectivity index (χ1) is 13.5. The highest BCUT2D eigenvalue weighted by molar-refractivity contribution is 7.99. The molecule has 3 rings (SSSR count). The largest absolute Gasteiger partial charge is 0.463 e. The SMILES string of the molecule is CCOC(=O)C1=C(CSc2nnc(-c3ccccc3)n2CC)NC(=O)N[C@H]1C. The van der Waals surface area contributed by atoms with E-state index in [1.807, 2.05) is 41.8 Å². The van der Waals surface area contributed by atoms with E-state index in [2.05, 4.69) is 20.8 Å². The summed E-state index contributed by atoms with van der Waals surface area (Å²) in [5.74, 6) is 0.728. The van der Waals surface area contributed by atoms with Gasteiger partial charge >= 0.3 is 12.0 Å². The second-order valence-electron chi connectivity index (χ2n) is 6.14. The van der Waals surface area contributed by atoms with E-state index >= 15 is 0 Å². The number of nitrogens with one attached hydrogen (secondary N) is 2. The molecule has 8 nitrogen and oxygen atoms in total. The van der Waals surface area contributed by atoms with Crippen LogP contribution in [0.15, 0.2) is 46.8 Å². The van der Waals surface area contributed by atoms with Crippen LogP contribution in [0.2, 0.25) is 0 Å². The van der Waals surface area contributed by atoms with E-state index in [-0.39, 0.29) is 12.6 Å². The van der Waals surface area contributed by atoms with Gasteiger partial charge in [-0.25, -0.2) is 9.59 Å². The van der Waals surface area contributed by atoms with Gasteiger partial charge in [0.2, 0.25) is 0 Å². The van der Waals surface area contributed by atoms with Crippen molar-refractivity contribution in [2.24, 2.45) is 0 Å². The summed E-state index contributed by atoms with van der Waals surface area (Å²) in [6, 6.07) is 9.08. The number of carbonyl (C=O) groups excluding carboxylic acids is 2. The van der Waals surface area contributed by atoms with Crippen molar-refractivity contribution in [3.63, 3.8) is 0 Å². The first kappa shape index (κ1) is 19.9. The molecule has 148 valence electrons. The molecule has 0 unspecified atom stereocenters. The first-order valence-corrected chi connectivity index (χ1v) is 10.1. The summed E-state index contributed by atoms with van der Waals surface area (Å²) < 4.78 is 7.16. The van der Waals surface area contributed by atoms with Crippen LogP contribution in [0.5, 0.6) is 0 Å². The van der Waals surface area contributed by atoms with E-state index in [1.165, 1.54) is 11.8 Å². The van der Waals surface area contributed by atoms with Gasteiger partial charge in [-0.2, -0.15) is 0 Å². The maximum atomic E-state index is 12.3. The van der Waals surface area contributed by atoms with Crippen LogP contribution < -0.4 is 10.6 Å². The molecule has 1 aliphatic rings. The average Bonchev–Trinajstić information content (AvgIpc) is 3.09. The molecule has 0 bridgehead atoms. The Balaban J connectivity index is 1.85. The van der Waals surface area contributed by atoms with Crippen molar-refractivity contribution in [1.29, 1.82) is 0 Å². The van der Waals surface area contributed by atoms with Crippen molar-refractivity contribution in [3.8, 4) is 11.4 Å². The summed E-state index contributed by atoms with van der Waals surface area (Å²) in [7, 11) is 0. The molecule has 1 atom stereocenters. The average molecular weight is 401 g/mol. The molecule has 0 saturated heterocycles. The van der Waals surface area contributed by atoms with Gasteiger partial charge in [0.15, 0.2) is 11.0 Å². The molecular weight excluding hydrogens is 378 g/mol. The van der Waals surface area contributed by atoms with Gasteiger partial charge in [0.05, 0.1) is 18.2 Å². The molecule has 0 saturated carbocycles. The summed E-state index contributed by atoms with van der Waals surface area (Å²) in [6.45, 7) is 6.51. The third-order valence-electron chi connectivity index (χ3n) is 4.28. The zero-order chi connectivity index (χ0) is 20.1. The van der Waals surface area contributed by atoms with Crippen molar-refractivity contribution in [2.75, 3.05) is 12.4 Å². The minimum absolute atomic E-state index is 0.272. The molecule has 1 aromatic carbocycles. The molecule has 0 aliphatic carbocycles. The molecule has 0 radical (unpaired) electrons. The van der Waals surface area contributed by atoms with E-state index in [0.717, 1.165) is 16.5 Å². The number of urea groups is 1. The van der Waals surface area contributed by atoms with E-state index in [0.29, 0.717) is 23.6 Å². The number of aromatic nitrogens is 3. The van der Waals surface area contributed by atoms with Crippen LogP contribution in [0.4, 0.5) is 4.79 Å². The second-order valence-corrected chi connectivity index (χ2v) is 7.08. The fraction of sp³-hybridized carbons (Fsp3) is 0.368. The smallest absolute Gasteiger partial charge is 0.337 e. The number of esters is 1. The molecule has 0 fully saturated rings. The van der Waals surface area contributed by atoms with E-state index in [4.69, 9.17) is 4.74 Å². The highest BCUT2D eigenvalue weighted by atomic mass is 32.2. The molecule has 1 aromatic heterocycles. The van der Waals surface area contributed by atoms with Gasteiger partial charge < -0.3 is 19.9 Å². The second kappa shape index (κ2) is 8.92. The lowest BCUT2D eigenvalue weighted by molar-refractivity contribution is -0.138. The number of nitrogens with zero attached hydrogens (tertiary/aromatic N) is 3. The normalized spacial score (nSPS) is 16.5. The Kier molecular flexibility index (Phi) is 6.35. The van der Waals surface area contributed by atoms with Gasteiger partial charge in [0, 0.05) is 23.6 Å². The third kappa shape index (κ3) is 4.19. The number of rotatable bonds is 7. The van der Waals surface area contributed by atoms with Crippen molar-refractivity contribution in [1.82, 2.24) is 25.4 Å². The topological polar surface area (TPSA) is 98.1 Å². The number of thioether (sulfide) groups is 1. The molecule has 2 amide bonds. The van der Waals surface area contributed by atoms with Crippen LogP contribution in [0.3, 0.4) is 0 Å². The van der Waals surface area contributed by atoms with Crippen LogP contribution in [-0.2, 0) is 16.1 Å². The van der Waals surface area contributed by atoms with Crippen molar-refractivity contribution in [3.05, 3.63) is 41.6 Å². The summed E-state index contributed by atoms with van der Waals surface area (Å²) in [5, 5.41) is 14.8. The molecule has 0 spiro atoms. The van der Waals surface area contributed by atoms with E-state index in [1.54, 1.807) is 13.8 Å². The van der Waals surface area contributed by atoms with Crippen LogP contribution in [-0.4, -0.2) is 45.2 Å². The molecule has 2 aromatic rings. The lowest BCUT2D eigenvalue weighted by atomic mass is 10.1. The molecule has 9 heteroatoms. The summed E-state index contributed by atoms with van der Waals surface area (Å²) in [5.41, 5.74) is 1.95. The van der Waals surface area contributed by atoms with E-state index < -0.39 is 12.0 Å². The Labute approximate surface area is 167 Å². The molecule has 2 N–H and O–H groups in total. The standard InChI is InChI=1S/C19H23N5O3S/c1-4-24-16(13-9-7-6-8-10-13)22-23-19(24)28-11-14-15(17(25)27-5-2)12(3)20-18(26)21-14/h6-10,12H,4-5,11H2,1-3H3,(H2,20,21,26)/t12-/m0/s1. The lowest BCUT2D eigenvalue weighted by Crippen LogP contribution is -2.49. The number of hydrogen-bond donors (Lipinski definition) is 2. The Morgan fingerprint density at radius 3 is 2.68 bits per heavy atom. The Morgan fingerprint density at radius 2 is 2.00 bits per heavy atom. The van der Waals surface area contributed by atoms with Crippen molar-refractivity contribution >= 4 is 23.8 Å². The van der Waals surface area contributed by atoms with Crippen LogP contribution in [0, 0.1) is 0 Å². The number of amides is 2. The van der Waals surface area contributed by atoms with Crippen LogP contribution >= 0.6 is 11.8 Å². The quantitative estimate of drug-likeness (QED) is 0.547. The summed E-state index contributed by atoms with van der Waals surface area (Å²) in [6.07, 6.45) is 0. The summed E-state index contributed by atoms with van der Waals surface area (Å²) in [4.78, 5) is 24.2. The number of benzene rings is 1. The molecule has 28 heavy (non-hydrogen) atoms. The maximum absolute atomic E-state index is 12.3. The maximum Gasteiger partial charge on any atom is 0.337 e. The van der Waals surface area contributed by atoms with Crippen molar-refractivity contribution in [2.45, 2.75) is 38.5 Å². The fourth-order valence-electron chi connectivity index (χ4n) is 3.01. The van der Waals surface area contributed by atoms with Gasteiger partial charge in [-0.05, 0) is 20.8 Å². The zero-order valence-corrected chi connectivity index (χ0v) is 16.9. The first-order valence-electron chi connectivity index (χ1n) is 9.14. The monoisotopic (exact) mass is 401 g/mol. The molecule has 1 aliphatic heterocycles. The Morgan fingerprint density at radius 1 is 1.25 bits per heavy atom. The minimum Gasteiger partial charge on any atom is -0.463 e. The van der Waals surface area contributed by atoms with Gasteiger partial charge in [-0.3, -0.25) is 0 Å². The van der Waals surface area contributed by atoms with E-state index in [9.17, 15) is 9.59 Å². The van der Waals surface area contributed by atoms with Gasteiger partial charge in [0.25, 0.3) is 0 Å². The minimum atomic E-state index is -0.431. The van der Waals surface area contributed by atoms with Gasteiger partial charge in [0.1, 0.15) is 0 Å². The molecular formula is C19H23N5O3S. The Hall–Kier alpha value is -2.81. The lowest BCUT2D eigenvalue weighted by Gasteiger charge is -2.26. The van der Waals surface area contributed by atoms with Gasteiger partial charge in [-0.15, -0.1) is 10.2 Å². The van der Waals surface area contributed by atoms with Crippen molar-refractivity contribution < 1.29 is 14.3 Å². The summed E-state index contributed by atoms with van der Waals surface area (Å²) >= 11 is 1.42. The number of ether oxygens (including phenoxy) is 1. The van der Waals surface area contributed by atoms with Crippen LogP contribution in [0.1, 0.15) is 20.8 Å². The highest BCUT2D eigenvalue weighted by Gasteiger charge is 2.30. The predicted molar refractivity (Wildman–Crippen MR) is 107 cm³/mol. The van der Waals surface area contributed by atoms with Crippen LogP contribution in [0.25, 0.3) is 11.4 Å². The fourth-order valence-corrected chi connectivity index (χ4v) is 3.98. The predicted octanol–water partition coefficient (Wildman–Crippen LogP) is 2.58. The Bertz CT molecular complexity index is 894.